The van der Waals surface area contributed by atoms with Crippen LogP contribution in [0, 0.1) is 6.92 Å². The number of pyridine rings is 2. The maximum atomic E-state index is 13.4. The standard InChI is InChI=1S/C23H21N5O5S/c1-15-8-9-19(25-14-15)34(29,30)28-22-20(33-18-7-5-4-6-17(18)31-2)23(32-3)27-21(26-22)16-10-12-24-13-11-16/h4-14H,1-3H3,(H,26,27,28)/i2D3,8D,9D,14D. The van der Waals surface area contributed by atoms with Crippen molar-refractivity contribution in [2.24, 2.45) is 0 Å². The molecule has 0 aliphatic rings. The first-order valence-corrected chi connectivity index (χ1v) is 11.1. The number of methoxy groups -OCH3 is 2. The average Bonchev–Trinajstić information content (AvgIpc) is 2.90. The quantitative estimate of drug-likeness (QED) is 0.396. The molecule has 0 saturated heterocycles. The van der Waals surface area contributed by atoms with Crippen LogP contribution in [-0.2, 0) is 10.0 Å². The molecule has 174 valence electrons. The first kappa shape index (κ1) is 16.4. The predicted molar refractivity (Wildman–Crippen MR) is 125 cm³/mol. The zero-order valence-corrected chi connectivity index (χ0v) is 18.7. The number of anilines is 1. The molecule has 0 radical (unpaired) electrons. The monoisotopic (exact) mass is 485 g/mol. The molecular formula is C23H21N5O5S. The van der Waals surface area contributed by atoms with E-state index in [1.165, 1.54) is 50.7 Å². The van der Waals surface area contributed by atoms with E-state index in [2.05, 4.69) is 24.7 Å². The fourth-order valence-electron chi connectivity index (χ4n) is 2.73. The highest BCUT2D eigenvalue weighted by Gasteiger charge is 2.25. The van der Waals surface area contributed by atoms with Crippen LogP contribution < -0.4 is 18.9 Å². The summed E-state index contributed by atoms with van der Waals surface area (Å²) < 4.78 is 91.6. The molecule has 0 fully saturated rings. The van der Waals surface area contributed by atoms with Gasteiger partial charge in [-0.3, -0.25) is 9.71 Å². The fourth-order valence-corrected chi connectivity index (χ4v) is 3.57. The second kappa shape index (κ2) is 9.71. The second-order valence-corrected chi connectivity index (χ2v) is 8.23. The Morgan fingerprint density at radius 2 is 1.79 bits per heavy atom. The molecule has 0 amide bonds. The van der Waals surface area contributed by atoms with Crippen LogP contribution in [0.4, 0.5) is 5.82 Å². The zero-order valence-electron chi connectivity index (χ0n) is 23.9. The van der Waals surface area contributed by atoms with Crippen molar-refractivity contribution in [3.05, 3.63) is 72.6 Å². The summed E-state index contributed by atoms with van der Waals surface area (Å²) in [5, 5.41) is -0.881. The number of ether oxygens (including phenoxy) is 3. The summed E-state index contributed by atoms with van der Waals surface area (Å²) in [6, 6.07) is 7.66. The number of sulfonamides is 1. The lowest BCUT2D eigenvalue weighted by Gasteiger charge is -2.17. The Morgan fingerprint density at radius 3 is 2.53 bits per heavy atom. The van der Waals surface area contributed by atoms with Gasteiger partial charge in [-0.05, 0) is 42.8 Å². The normalized spacial score (nSPS) is 13.9. The van der Waals surface area contributed by atoms with Crippen LogP contribution >= 0.6 is 0 Å². The third-order valence-corrected chi connectivity index (χ3v) is 5.47. The molecule has 0 bridgehead atoms. The van der Waals surface area contributed by atoms with Crippen LogP contribution in [0.2, 0.25) is 0 Å². The van der Waals surface area contributed by atoms with Gasteiger partial charge in [-0.1, -0.05) is 18.2 Å². The third kappa shape index (κ3) is 4.89. The van der Waals surface area contributed by atoms with Gasteiger partial charge in [0.1, 0.15) is 0 Å². The minimum absolute atomic E-state index is 0.00153. The molecule has 4 rings (SSSR count). The van der Waals surface area contributed by atoms with Crippen molar-refractivity contribution in [3.8, 4) is 34.5 Å². The van der Waals surface area contributed by atoms with Crippen molar-refractivity contribution in [2.75, 3.05) is 18.9 Å². The molecule has 0 spiro atoms. The maximum absolute atomic E-state index is 13.4. The number of nitrogens with one attached hydrogen (secondary N) is 1. The third-order valence-electron chi connectivity index (χ3n) is 4.31. The van der Waals surface area contributed by atoms with E-state index in [1.54, 1.807) is 12.1 Å². The van der Waals surface area contributed by atoms with Gasteiger partial charge in [0.05, 0.1) is 22.4 Å². The van der Waals surface area contributed by atoms with Gasteiger partial charge in [0.15, 0.2) is 28.2 Å². The Morgan fingerprint density at radius 1 is 1.03 bits per heavy atom. The minimum Gasteiger partial charge on any atom is -0.493 e. The molecule has 0 atom stereocenters. The summed E-state index contributed by atoms with van der Waals surface area (Å²) in [5.41, 5.74) is 0.463. The number of nitrogens with zero attached hydrogens (tertiary/aromatic N) is 4. The molecule has 1 N–H and O–H groups in total. The summed E-state index contributed by atoms with van der Waals surface area (Å²) in [4.78, 5) is 16.2. The van der Waals surface area contributed by atoms with E-state index in [9.17, 15) is 8.42 Å². The molecule has 3 aromatic heterocycles. The Labute approximate surface area is 205 Å². The molecule has 0 unspecified atom stereocenters. The molecule has 0 aliphatic carbocycles. The highest BCUT2D eigenvalue weighted by atomic mass is 32.2. The van der Waals surface area contributed by atoms with Crippen LogP contribution in [0.5, 0.6) is 23.1 Å². The van der Waals surface area contributed by atoms with Crippen LogP contribution in [-0.4, -0.2) is 42.5 Å². The van der Waals surface area contributed by atoms with Crippen molar-refractivity contribution in [1.82, 2.24) is 19.9 Å². The lowest BCUT2D eigenvalue weighted by Crippen LogP contribution is -2.17. The smallest absolute Gasteiger partial charge is 0.280 e. The zero-order chi connectivity index (χ0) is 29.2. The summed E-state index contributed by atoms with van der Waals surface area (Å²) in [6.07, 6.45) is 2.44. The number of aromatic nitrogens is 4. The number of benzene rings is 1. The van der Waals surface area contributed by atoms with Crippen LogP contribution in [0.3, 0.4) is 0 Å². The Kier molecular flexibility index (Phi) is 4.68. The van der Waals surface area contributed by atoms with Gasteiger partial charge in [0.25, 0.3) is 15.9 Å². The van der Waals surface area contributed by atoms with E-state index < -0.39 is 46.2 Å². The number of hydrogen-bond donors (Lipinski definition) is 1. The second-order valence-electron chi connectivity index (χ2n) is 6.63. The molecular weight excluding hydrogens is 458 g/mol. The van der Waals surface area contributed by atoms with Gasteiger partial charge >= 0.3 is 0 Å². The first-order valence-electron chi connectivity index (χ1n) is 12.6. The largest absolute Gasteiger partial charge is 0.493 e. The molecule has 0 aliphatic heterocycles. The van der Waals surface area contributed by atoms with E-state index >= 15 is 0 Å². The molecule has 1 aromatic carbocycles. The van der Waals surface area contributed by atoms with E-state index in [0.717, 1.165) is 0 Å². The molecule has 4 aromatic rings. The van der Waals surface area contributed by atoms with Crippen molar-refractivity contribution < 1.29 is 30.9 Å². The van der Waals surface area contributed by atoms with Gasteiger partial charge in [0, 0.05) is 24.1 Å². The maximum Gasteiger partial charge on any atom is 0.280 e. The van der Waals surface area contributed by atoms with E-state index in [0.29, 0.717) is 5.56 Å². The summed E-state index contributed by atoms with van der Waals surface area (Å²) >= 11 is 0. The first-order chi connectivity index (χ1) is 18.8. The molecule has 34 heavy (non-hydrogen) atoms. The van der Waals surface area contributed by atoms with Gasteiger partial charge in [0.2, 0.25) is 5.75 Å². The minimum atomic E-state index is -4.73. The van der Waals surface area contributed by atoms with Gasteiger partial charge in [-0.15, -0.1) is 0 Å². The number of hydrogen-bond acceptors (Lipinski definition) is 9. The lowest BCUT2D eigenvalue weighted by atomic mass is 10.2. The summed E-state index contributed by atoms with van der Waals surface area (Å²) in [6.45, 7) is 1.38. The van der Waals surface area contributed by atoms with Gasteiger partial charge in [-0.2, -0.15) is 13.4 Å². The predicted octanol–water partition coefficient (Wildman–Crippen LogP) is 3.85. The molecule has 10 nitrogen and oxygen atoms in total. The lowest BCUT2D eigenvalue weighted by molar-refractivity contribution is 0.348. The Balaban J connectivity index is 1.90. The van der Waals surface area contributed by atoms with E-state index in [-0.39, 0.29) is 34.5 Å². The Hall–Kier alpha value is -4.25. The van der Waals surface area contributed by atoms with E-state index in [4.69, 9.17) is 22.4 Å². The number of rotatable bonds is 8. The molecule has 0 saturated carbocycles. The van der Waals surface area contributed by atoms with Crippen LogP contribution in [0.15, 0.2) is 72.1 Å². The summed E-state index contributed by atoms with van der Waals surface area (Å²) in [5.74, 6) is -1.41. The van der Waals surface area contributed by atoms with Crippen LogP contribution in [0.1, 0.15) is 13.8 Å². The van der Waals surface area contributed by atoms with Gasteiger partial charge < -0.3 is 14.2 Å². The highest BCUT2D eigenvalue weighted by molar-refractivity contribution is 7.92. The van der Waals surface area contributed by atoms with Crippen molar-refractivity contribution in [2.45, 2.75) is 11.9 Å². The van der Waals surface area contributed by atoms with Crippen molar-refractivity contribution in [3.63, 3.8) is 0 Å². The van der Waals surface area contributed by atoms with Crippen LogP contribution in [0.25, 0.3) is 11.4 Å². The topological polar surface area (TPSA) is 125 Å². The number of para-hydroxylation sites is 2. The fraction of sp³-hybridized carbons (Fsp3) is 0.130. The summed E-state index contributed by atoms with van der Waals surface area (Å²) in [7, 11) is -6.30. The van der Waals surface area contributed by atoms with Crippen molar-refractivity contribution in [1.29, 1.82) is 0 Å². The SMILES string of the molecule is [2H]c1nc(S(=O)(=O)Nc2nc(-c3ccncc3)nc(OC)c2Oc2ccccc2OC([2H])([2H])[2H])c([2H])c([2H])c1C. The van der Waals surface area contributed by atoms with E-state index in [1.807, 2.05) is 0 Å². The average molecular weight is 486 g/mol. The van der Waals surface area contributed by atoms with Crippen molar-refractivity contribution >= 4 is 15.8 Å². The molecule has 3 heterocycles. The molecule has 11 heteroatoms. The van der Waals surface area contributed by atoms with Gasteiger partial charge in [-0.25, -0.2) is 9.97 Å². The highest BCUT2D eigenvalue weighted by Crippen LogP contribution is 2.41. The Bertz CT molecular complexity index is 1670.